The number of rotatable bonds is 3. The van der Waals surface area contributed by atoms with Gasteiger partial charge in [-0.2, -0.15) is 0 Å². The summed E-state index contributed by atoms with van der Waals surface area (Å²) in [7, 11) is 0. The minimum absolute atomic E-state index is 0.0674. The van der Waals surface area contributed by atoms with E-state index in [0.29, 0.717) is 11.3 Å². The number of hydrogen-bond donors (Lipinski definition) is 1. The first-order valence-electron chi connectivity index (χ1n) is 5.89. The lowest BCUT2D eigenvalue weighted by Gasteiger charge is -2.07. The van der Waals surface area contributed by atoms with Crippen molar-refractivity contribution in [1.29, 1.82) is 0 Å². The molecule has 0 saturated heterocycles. The topological polar surface area (TPSA) is 94.1 Å². The average Bonchev–Trinajstić information content (AvgIpc) is 2.90. The van der Waals surface area contributed by atoms with E-state index < -0.39 is 4.92 Å². The molecule has 7 nitrogen and oxygen atoms in total. The van der Waals surface area contributed by atoms with E-state index in [-0.39, 0.29) is 12.3 Å². The smallest absolute Gasteiger partial charge is 0.269 e. The number of para-hydroxylation sites is 1. The van der Waals surface area contributed by atoms with Gasteiger partial charge in [0.1, 0.15) is 5.52 Å². The molecule has 0 amide bonds. The first kappa shape index (κ1) is 12.2. The van der Waals surface area contributed by atoms with Crippen LogP contribution in [0.5, 0.6) is 0 Å². The fourth-order valence-corrected chi connectivity index (χ4v) is 2.07. The first-order valence-corrected chi connectivity index (χ1v) is 5.89. The van der Waals surface area contributed by atoms with Gasteiger partial charge < -0.3 is 5.11 Å². The number of aliphatic hydroxyl groups is 1. The van der Waals surface area contributed by atoms with Crippen molar-refractivity contribution in [3.05, 3.63) is 58.1 Å². The summed E-state index contributed by atoms with van der Waals surface area (Å²) in [6.45, 7) is -0.314. The van der Waals surface area contributed by atoms with Crippen molar-refractivity contribution in [2.75, 3.05) is 0 Å². The van der Waals surface area contributed by atoms with Gasteiger partial charge in [-0.15, -0.1) is 5.10 Å². The van der Waals surface area contributed by atoms with Gasteiger partial charge in [0.05, 0.1) is 22.7 Å². The summed E-state index contributed by atoms with van der Waals surface area (Å²) in [5.41, 5.74) is 2.43. The fourth-order valence-electron chi connectivity index (χ4n) is 2.07. The quantitative estimate of drug-likeness (QED) is 0.578. The van der Waals surface area contributed by atoms with Gasteiger partial charge in [-0.1, -0.05) is 17.3 Å². The van der Waals surface area contributed by atoms with E-state index in [0.717, 1.165) is 11.0 Å². The molecule has 0 atom stereocenters. The summed E-state index contributed by atoms with van der Waals surface area (Å²) in [5.74, 6) is 0. The van der Waals surface area contributed by atoms with Gasteiger partial charge in [-0.05, 0) is 18.2 Å². The Morgan fingerprint density at radius 1 is 1.25 bits per heavy atom. The van der Waals surface area contributed by atoms with Crippen molar-refractivity contribution in [2.24, 2.45) is 0 Å². The molecule has 1 N–H and O–H groups in total. The molecule has 0 aliphatic heterocycles. The van der Waals surface area contributed by atoms with Crippen LogP contribution in [0.1, 0.15) is 5.56 Å². The highest BCUT2D eigenvalue weighted by Crippen LogP contribution is 2.23. The molecule has 3 aromatic rings. The number of benzene rings is 2. The van der Waals surface area contributed by atoms with Crippen molar-refractivity contribution in [3.63, 3.8) is 0 Å². The minimum atomic E-state index is -0.498. The highest BCUT2D eigenvalue weighted by molar-refractivity contribution is 5.76. The Hall–Kier alpha value is -2.80. The minimum Gasteiger partial charge on any atom is -0.392 e. The van der Waals surface area contributed by atoms with Crippen molar-refractivity contribution in [2.45, 2.75) is 6.61 Å². The predicted octanol–water partition coefficient (Wildman–Crippen LogP) is 1.82. The normalized spacial score (nSPS) is 10.8. The third kappa shape index (κ3) is 1.90. The Morgan fingerprint density at radius 3 is 2.80 bits per heavy atom. The Kier molecular flexibility index (Phi) is 2.88. The Labute approximate surface area is 113 Å². The maximum absolute atomic E-state index is 10.8. The second kappa shape index (κ2) is 4.71. The van der Waals surface area contributed by atoms with Gasteiger partial charge in [0.15, 0.2) is 0 Å². The average molecular weight is 270 g/mol. The molecule has 3 rings (SSSR count). The molecule has 20 heavy (non-hydrogen) atoms. The zero-order valence-corrected chi connectivity index (χ0v) is 10.3. The summed E-state index contributed by atoms with van der Waals surface area (Å²) in [6, 6.07) is 11.7. The Morgan fingerprint density at radius 2 is 2.05 bits per heavy atom. The highest BCUT2D eigenvalue weighted by atomic mass is 16.6. The molecular weight excluding hydrogens is 260 g/mol. The molecular formula is C13H10N4O3. The molecule has 0 spiro atoms. The van der Waals surface area contributed by atoms with E-state index in [4.69, 9.17) is 0 Å². The SMILES string of the molecule is O=[N+]([O-])c1ccc(-n2nnc3ccccc32)c(CO)c1. The number of non-ortho nitro benzene ring substituents is 1. The number of hydrogen-bond acceptors (Lipinski definition) is 5. The number of nitro benzene ring substituents is 1. The number of nitro groups is 1. The number of aliphatic hydroxyl groups excluding tert-OH is 1. The van der Waals surface area contributed by atoms with Gasteiger partial charge in [-0.3, -0.25) is 10.1 Å². The lowest BCUT2D eigenvalue weighted by Crippen LogP contribution is -2.03. The highest BCUT2D eigenvalue weighted by Gasteiger charge is 2.14. The van der Waals surface area contributed by atoms with Gasteiger partial charge >= 0.3 is 0 Å². The lowest BCUT2D eigenvalue weighted by molar-refractivity contribution is -0.384. The molecule has 1 aromatic heterocycles. The molecule has 2 aromatic carbocycles. The number of nitrogens with zero attached hydrogens (tertiary/aromatic N) is 4. The van der Waals surface area contributed by atoms with Crippen molar-refractivity contribution in [3.8, 4) is 5.69 Å². The number of fused-ring (bicyclic) bond motifs is 1. The standard InChI is InChI=1S/C13H10N4O3/c18-8-9-7-10(17(19)20)5-6-12(9)16-13-4-2-1-3-11(13)14-15-16/h1-7,18H,8H2. The van der Waals surface area contributed by atoms with Gasteiger partial charge in [0.25, 0.3) is 5.69 Å². The summed E-state index contributed by atoms with van der Waals surface area (Å²) in [4.78, 5) is 10.3. The third-order valence-electron chi connectivity index (χ3n) is 3.02. The lowest BCUT2D eigenvalue weighted by atomic mass is 10.1. The molecule has 0 saturated carbocycles. The van der Waals surface area contributed by atoms with Crippen molar-refractivity contribution >= 4 is 16.7 Å². The molecule has 0 unspecified atom stereocenters. The molecule has 1 heterocycles. The third-order valence-corrected chi connectivity index (χ3v) is 3.02. The monoisotopic (exact) mass is 270 g/mol. The molecule has 0 bridgehead atoms. The fraction of sp³-hybridized carbons (Fsp3) is 0.0769. The summed E-state index contributed by atoms with van der Waals surface area (Å²) < 4.78 is 1.56. The van der Waals surface area contributed by atoms with Crippen LogP contribution in [-0.2, 0) is 6.61 Å². The molecule has 100 valence electrons. The molecule has 0 fully saturated rings. The molecule has 7 heteroatoms. The maximum Gasteiger partial charge on any atom is 0.269 e. The summed E-state index contributed by atoms with van der Waals surface area (Å²) >= 11 is 0. The Balaban J connectivity index is 2.21. The van der Waals surface area contributed by atoms with E-state index in [9.17, 15) is 15.2 Å². The molecule has 0 aliphatic rings. The zero-order chi connectivity index (χ0) is 14.1. The summed E-state index contributed by atoms with van der Waals surface area (Å²) in [5, 5.41) is 28.2. The first-order chi connectivity index (χ1) is 9.70. The van der Waals surface area contributed by atoms with Gasteiger partial charge in [0.2, 0.25) is 0 Å². The van der Waals surface area contributed by atoms with Crippen molar-refractivity contribution < 1.29 is 10.0 Å². The molecule has 0 aliphatic carbocycles. The zero-order valence-electron chi connectivity index (χ0n) is 10.3. The van der Waals surface area contributed by atoms with E-state index in [1.54, 1.807) is 10.7 Å². The van der Waals surface area contributed by atoms with Crippen LogP contribution in [-0.4, -0.2) is 25.0 Å². The van der Waals surface area contributed by atoms with Crippen LogP contribution < -0.4 is 0 Å². The maximum atomic E-state index is 10.8. The van der Waals surface area contributed by atoms with Crippen LogP contribution in [0.25, 0.3) is 16.7 Å². The largest absolute Gasteiger partial charge is 0.392 e. The van der Waals surface area contributed by atoms with Crippen LogP contribution in [0, 0.1) is 10.1 Å². The van der Waals surface area contributed by atoms with Crippen molar-refractivity contribution in [1.82, 2.24) is 15.0 Å². The van der Waals surface area contributed by atoms with Crippen LogP contribution in [0.15, 0.2) is 42.5 Å². The van der Waals surface area contributed by atoms with Crippen LogP contribution >= 0.6 is 0 Å². The van der Waals surface area contributed by atoms with Crippen LogP contribution in [0.2, 0.25) is 0 Å². The van der Waals surface area contributed by atoms with E-state index in [2.05, 4.69) is 10.3 Å². The number of aromatic nitrogens is 3. The predicted molar refractivity (Wildman–Crippen MR) is 71.4 cm³/mol. The van der Waals surface area contributed by atoms with Gasteiger partial charge in [-0.25, -0.2) is 4.68 Å². The van der Waals surface area contributed by atoms with Crippen LogP contribution in [0.3, 0.4) is 0 Å². The summed E-state index contributed by atoms with van der Waals surface area (Å²) in [6.07, 6.45) is 0. The second-order valence-electron chi connectivity index (χ2n) is 4.22. The van der Waals surface area contributed by atoms with E-state index in [1.807, 2.05) is 24.3 Å². The second-order valence-corrected chi connectivity index (χ2v) is 4.22. The van der Waals surface area contributed by atoms with Crippen LogP contribution in [0.4, 0.5) is 5.69 Å². The van der Waals surface area contributed by atoms with E-state index >= 15 is 0 Å². The Bertz CT molecular complexity index is 797. The molecule has 0 radical (unpaired) electrons. The van der Waals surface area contributed by atoms with Gasteiger partial charge in [0, 0.05) is 17.7 Å². The van der Waals surface area contributed by atoms with E-state index in [1.165, 1.54) is 12.1 Å².